The summed E-state index contributed by atoms with van der Waals surface area (Å²) in [5, 5.41) is 3.93. The molecule has 1 N–H and O–H groups in total. The molecule has 4 aliphatic rings. The molecule has 1 aromatic heterocycles. The second-order valence-electron chi connectivity index (χ2n) is 10.1. The molecule has 1 amide bonds. The van der Waals surface area contributed by atoms with E-state index >= 15 is 0 Å². The highest BCUT2D eigenvalue weighted by Gasteiger charge is 2.53. The molecule has 31 heavy (non-hydrogen) atoms. The molecule has 6 rings (SSSR count). The summed E-state index contributed by atoms with van der Waals surface area (Å²) < 4.78 is 16.2. The first-order valence-corrected chi connectivity index (χ1v) is 11.4. The van der Waals surface area contributed by atoms with Gasteiger partial charge >= 0.3 is 5.97 Å². The van der Waals surface area contributed by atoms with E-state index in [0.717, 1.165) is 23.1 Å². The van der Waals surface area contributed by atoms with Crippen molar-refractivity contribution in [2.24, 2.45) is 23.2 Å². The van der Waals surface area contributed by atoms with Crippen molar-refractivity contribution < 1.29 is 23.5 Å². The van der Waals surface area contributed by atoms with Gasteiger partial charge < -0.3 is 19.2 Å². The zero-order valence-corrected chi connectivity index (χ0v) is 18.5. The molecule has 0 saturated heterocycles. The van der Waals surface area contributed by atoms with Crippen LogP contribution < -0.4 is 10.1 Å². The van der Waals surface area contributed by atoms with Crippen LogP contribution >= 0.6 is 0 Å². The first-order valence-electron chi connectivity index (χ1n) is 11.4. The molecule has 166 valence electrons. The smallest absolute Gasteiger partial charge is 0.375 e. The van der Waals surface area contributed by atoms with Crippen LogP contribution in [0.4, 0.5) is 0 Å². The number of carbonyl (C=O) groups excluding carboxylic acids is 2. The molecule has 1 unspecified atom stereocenters. The van der Waals surface area contributed by atoms with Crippen LogP contribution in [0.25, 0.3) is 11.0 Å². The van der Waals surface area contributed by atoms with Gasteiger partial charge in [-0.2, -0.15) is 0 Å². The van der Waals surface area contributed by atoms with Gasteiger partial charge in [-0.1, -0.05) is 0 Å². The molecule has 4 fully saturated rings. The number of methoxy groups -OCH3 is 1. The van der Waals surface area contributed by atoms with Crippen LogP contribution in [0.2, 0.25) is 0 Å². The standard InChI is InChI=1S/C25H31NO5/c1-14-20-9-19(29-3)4-5-21(20)31-23(14)24(28)30-13-22(27)26-15(2)25-10-16-6-17(11-25)8-18(7-16)12-25/h4-5,9,15-18H,6-8,10-13H2,1-3H3,(H,26,27). The highest BCUT2D eigenvalue weighted by Crippen LogP contribution is 2.61. The fourth-order valence-corrected chi connectivity index (χ4v) is 6.86. The molecule has 0 aliphatic heterocycles. The first-order chi connectivity index (χ1) is 14.9. The molecule has 1 heterocycles. The van der Waals surface area contributed by atoms with Crippen LogP contribution in [0.1, 0.15) is 61.6 Å². The number of nitrogens with one attached hydrogen (secondary N) is 1. The lowest BCUT2D eigenvalue weighted by molar-refractivity contribution is -0.128. The minimum atomic E-state index is -0.620. The molecule has 4 bridgehead atoms. The van der Waals surface area contributed by atoms with Crippen LogP contribution in [0.5, 0.6) is 5.75 Å². The Morgan fingerprint density at radius 1 is 1.16 bits per heavy atom. The maximum atomic E-state index is 12.6. The summed E-state index contributed by atoms with van der Waals surface area (Å²) in [6.45, 7) is 3.63. The molecule has 1 atom stereocenters. The van der Waals surface area contributed by atoms with Crippen molar-refractivity contribution in [1.82, 2.24) is 5.32 Å². The third kappa shape index (κ3) is 3.60. The third-order valence-corrected chi connectivity index (χ3v) is 8.04. The number of amides is 1. The highest BCUT2D eigenvalue weighted by atomic mass is 16.5. The molecule has 1 aromatic carbocycles. The van der Waals surface area contributed by atoms with Crippen molar-refractivity contribution >= 4 is 22.8 Å². The summed E-state index contributed by atoms with van der Waals surface area (Å²) in [5.74, 6) is 2.45. The van der Waals surface area contributed by atoms with Crippen molar-refractivity contribution in [3.63, 3.8) is 0 Å². The SMILES string of the molecule is COc1ccc2oc(C(=O)OCC(=O)NC(C)C34CC5CC(CC(C5)C3)C4)c(C)c2c1. The summed E-state index contributed by atoms with van der Waals surface area (Å²) >= 11 is 0. The van der Waals surface area contributed by atoms with Crippen LogP contribution in [-0.2, 0) is 9.53 Å². The number of hydrogen-bond acceptors (Lipinski definition) is 5. The molecule has 6 heteroatoms. The van der Waals surface area contributed by atoms with Gasteiger partial charge in [0.2, 0.25) is 5.76 Å². The lowest BCUT2D eigenvalue weighted by Crippen LogP contribution is -2.56. The van der Waals surface area contributed by atoms with Gasteiger partial charge in [-0.25, -0.2) is 4.79 Å². The van der Waals surface area contributed by atoms with Crippen molar-refractivity contribution in [2.75, 3.05) is 13.7 Å². The molecule has 2 aromatic rings. The van der Waals surface area contributed by atoms with E-state index in [4.69, 9.17) is 13.9 Å². The number of rotatable bonds is 6. The van der Waals surface area contributed by atoms with Crippen molar-refractivity contribution in [1.29, 1.82) is 0 Å². The zero-order valence-electron chi connectivity index (χ0n) is 18.5. The van der Waals surface area contributed by atoms with Gasteiger partial charge in [0.05, 0.1) is 7.11 Å². The minimum absolute atomic E-state index is 0.104. The fourth-order valence-electron chi connectivity index (χ4n) is 6.86. The van der Waals surface area contributed by atoms with E-state index in [1.54, 1.807) is 26.2 Å². The number of fused-ring (bicyclic) bond motifs is 1. The lowest BCUT2D eigenvalue weighted by atomic mass is 9.48. The van der Waals surface area contributed by atoms with E-state index in [2.05, 4.69) is 12.2 Å². The average Bonchev–Trinajstić information content (AvgIpc) is 3.07. The predicted octanol–water partition coefficient (Wildman–Crippen LogP) is 4.63. The number of hydrogen-bond donors (Lipinski definition) is 1. The topological polar surface area (TPSA) is 77.8 Å². The van der Waals surface area contributed by atoms with Crippen LogP contribution in [0.15, 0.2) is 22.6 Å². The van der Waals surface area contributed by atoms with Crippen molar-refractivity contribution in [3.05, 3.63) is 29.5 Å². The molecule has 0 spiro atoms. The predicted molar refractivity (Wildman–Crippen MR) is 116 cm³/mol. The summed E-state index contributed by atoms with van der Waals surface area (Å²) in [6, 6.07) is 5.47. The summed E-state index contributed by atoms with van der Waals surface area (Å²) in [7, 11) is 1.59. The van der Waals surface area contributed by atoms with Crippen molar-refractivity contribution in [2.45, 2.75) is 58.4 Å². The normalized spacial score (nSPS) is 29.7. The highest BCUT2D eigenvalue weighted by molar-refractivity contribution is 5.97. The number of esters is 1. The lowest BCUT2D eigenvalue weighted by Gasteiger charge is -2.59. The van der Waals surface area contributed by atoms with Gasteiger partial charge in [-0.05, 0) is 93.7 Å². The van der Waals surface area contributed by atoms with E-state index in [1.807, 2.05) is 6.07 Å². The van der Waals surface area contributed by atoms with Gasteiger partial charge in [0, 0.05) is 17.0 Å². The molecule has 6 nitrogen and oxygen atoms in total. The number of carbonyl (C=O) groups is 2. The Bertz CT molecular complexity index is 987. The van der Waals surface area contributed by atoms with E-state index in [1.165, 1.54) is 38.5 Å². The minimum Gasteiger partial charge on any atom is -0.497 e. The van der Waals surface area contributed by atoms with Crippen LogP contribution in [0, 0.1) is 30.1 Å². The fraction of sp³-hybridized carbons (Fsp3) is 0.600. The van der Waals surface area contributed by atoms with Gasteiger partial charge in [0.15, 0.2) is 6.61 Å². The van der Waals surface area contributed by atoms with E-state index in [9.17, 15) is 9.59 Å². The summed E-state index contributed by atoms with van der Waals surface area (Å²) in [5.41, 5.74) is 1.49. The average molecular weight is 426 g/mol. The van der Waals surface area contributed by atoms with Gasteiger partial charge in [0.1, 0.15) is 11.3 Å². The van der Waals surface area contributed by atoms with Crippen LogP contribution in [-0.4, -0.2) is 31.6 Å². The quantitative estimate of drug-likeness (QED) is 0.683. The van der Waals surface area contributed by atoms with Crippen LogP contribution in [0.3, 0.4) is 0 Å². The number of ether oxygens (including phenoxy) is 2. The molecular weight excluding hydrogens is 394 g/mol. The van der Waals surface area contributed by atoms with Gasteiger partial charge in [-0.3, -0.25) is 4.79 Å². The molecule has 0 radical (unpaired) electrons. The number of aryl methyl sites for hydroxylation is 1. The Kier molecular flexibility index (Phi) is 4.98. The summed E-state index contributed by atoms with van der Waals surface area (Å²) in [6.07, 6.45) is 7.80. The largest absolute Gasteiger partial charge is 0.497 e. The maximum absolute atomic E-state index is 12.6. The molecule has 4 aliphatic carbocycles. The second kappa shape index (κ2) is 7.57. The second-order valence-corrected chi connectivity index (χ2v) is 10.1. The number of furan rings is 1. The Balaban J connectivity index is 1.20. The van der Waals surface area contributed by atoms with Crippen molar-refractivity contribution in [3.8, 4) is 5.75 Å². The Morgan fingerprint density at radius 2 is 1.81 bits per heavy atom. The van der Waals surface area contributed by atoms with E-state index in [0.29, 0.717) is 16.9 Å². The zero-order chi connectivity index (χ0) is 21.8. The van der Waals surface area contributed by atoms with E-state index in [-0.39, 0.29) is 29.7 Å². The van der Waals surface area contributed by atoms with E-state index < -0.39 is 5.97 Å². The van der Waals surface area contributed by atoms with Gasteiger partial charge in [0.25, 0.3) is 5.91 Å². The monoisotopic (exact) mass is 425 g/mol. The molecule has 4 saturated carbocycles. The van der Waals surface area contributed by atoms with Gasteiger partial charge in [-0.15, -0.1) is 0 Å². The Hall–Kier alpha value is -2.50. The third-order valence-electron chi connectivity index (χ3n) is 8.04. The Morgan fingerprint density at radius 3 is 2.42 bits per heavy atom. The summed E-state index contributed by atoms with van der Waals surface area (Å²) in [4.78, 5) is 25.2. The first kappa shape index (κ1) is 20.4. The maximum Gasteiger partial charge on any atom is 0.375 e. The number of benzene rings is 1. The Labute approximate surface area is 182 Å². The molecular formula is C25H31NO5.